The van der Waals surface area contributed by atoms with Crippen molar-refractivity contribution in [1.82, 2.24) is 0 Å². The van der Waals surface area contributed by atoms with Crippen LogP contribution < -0.4 is 14.2 Å². The highest BCUT2D eigenvalue weighted by Gasteiger charge is 2.17. The number of aliphatic hydroxyl groups excluding tert-OH is 1. The Hall–Kier alpha value is -1.77. The number of hydrogen-bond acceptors (Lipinski definition) is 6. The van der Waals surface area contributed by atoms with Crippen LogP contribution in [0.5, 0.6) is 11.5 Å². The van der Waals surface area contributed by atoms with Gasteiger partial charge in [-0.25, -0.2) is 8.42 Å². The van der Waals surface area contributed by atoms with Crippen molar-refractivity contribution in [2.24, 2.45) is 0 Å². The lowest BCUT2D eigenvalue weighted by atomic mass is 10.3. The van der Waals surface area contributed by atoms with Crippen LogP contribution in [0.3, 0.4) is 0 Å². The van der Waals surface area contributed by atoms with Gasteiger partial charge in [0.15, 0.2) is 11.5 Å². The van der Waals surface area contributed by atoms with Crippen molar-refractivity contribution in [2.45, 2.75) is 10.8 Å². The lowest BCUT2D eigenvalue weighted by molar-refractivity contribution is 0.285. The van der Waals surface area contributed by atoms with Crippen molar-refractivity contribution in [3.8, 4) is 11.5 Å². The number of nitrogens with one attached hydrogen (secondary N) is 1. The highest BCUT2D eigenvalue weighted by Crippen LogP contribution is 2.31. The van der Waals surface area contributed by atoms with Gasteiger partial charge in [-0.3, -0.25) is 4.72 Å². The average molecular weight is 329 g/mol. The molecular formula is C13H15NO5S2. The zero-order valence-electron chi connectivity index (χ0n) is 11.5. The third kappa shape index (κ3) is 3.46. The van der Waals surface area contributed by atoms with Gasteiger partial charge in [-0.2, -0.15) is 0 Å². The molecule has 0 aliphatic carbocycles. The zero-order valence-corrected chi connectivity index (χ0v) is 13.1. The van der Waals surface area contributed by atoms with Crippen molar-refractivity contribution in [1.29, 1.82) is 0 Å². The molecule has 2 N–H and O–H groups in total. The molecule has 8 heteroatoms. The molecule has 0 fully saturated rings. The third-order valence-electron chi connectivity index (χ3n) is 2.69. The van der Waals surface area contributed by atoms with Crippen LogP contribution in [0, 0.1) is 0 Å². The van der Waals surface area contributed by atoms with Crippen LogP contribution in [0.4, 0.5) is 5.69 Å². The molecule has 0 amide bonds. The van der Waals surface area contributed by atoms with Gasteiger partial charge < -0.3 is 14.6 Å². The Bertz CT molecular complexity index is 724. The summed E-state index contributed by atoms with van der Waals surface area (Å²) < 4.78 is 37.3. The lowest BCUT2D eigenvalue weighted by Crippen LogP contribution is -2.11. The van der Waals surface area contributed by atoms with Crippen LogP contribution in [-0.4, -0.2) is 27.7 Å². The quantitative estimate of drug-likeness (QED) is 0.847. The van der Waals surface area contributed by atoms with Crippen molar-refractivity contribution in [3.63, 3.8) is 0 Å². The molecule has 1 aromatic heterocycles. The Morgan fingerprint density at radius 3 is 2.43 bits per heavy atom. The van der Waals surface area contributed by atoms with Gasteiger partial charge in [0.1, 0.15) is 4.21 Å². The van der Waals surface area contributed by atoms with E-state index in [1.165, 1.54) is 26.4 Å². The molecule has 0 aliphatic rings. The highest BCUT2D eigenvalue weighted by molar-refractivity contribution is 7.94. The summed E-state index contributed by atoms with van der Waals surface area (Å²) in [7, 11) is -0.707. The third-order valence-corrected chi connectivity index (χ3v) is 5.64. The molecule has 114 valence electrons. The summed E-state index contributed by atoms with van der Waals surface area (Å²) in [6.07, 6.45) is 0. The molecule has 0 bridgehead atoms. The number of sulfonamides is 1. The highest BCUT2D eigenvalue weighted by atomic mass is 32.2. The second kappa shape index (κ2) is 6.33. The van der Waals surface area contributed by atoms with E-state index in [1.54, 1.807) is 18.2 Å². The molecule has 1 aromatic carbocycles. The van der Waals surface area contributed by atoms with E-state index >= 15 is 0 Å². The van der Waals surface area contributed by atoms with Crippen LogP contribution in [0.25, 0.3) is 0 Å². The molecule has 2 rings (SSSR count). The number of hydrogen-bond donors (Lipinski definition) is 2. The normalized spacial score (nSPS) is 11.2. The van der Waals surface area contributed by atoms with Crippen molar-refractivity contribution in [3.05, 3.63) is 35.2 Å². The van der Waals surface area contributed by atoms with Crippen molar-refractivity contribution < 1.29 is 23.0 Å². The van der Waals surface area contributed by atoms with Gasteiger partial charge in [0.05, 0.1) is 26.5 Å². The summed E-state index contributed by atoms with van der Waals surface area (Å²) in [5.74, 6) is 0.944. The summed E-state index contributed by atoms with van der Waals surface area (Å²) in [4.78, 5) is 0.586. The number of anilines is 1. The smallest absolute Gasteiger partial charge is 0.271 e. The summed E-state index contributed by atoms with van der Waals surface area (Å²) in [6.45, 7) is -0.184. The van der Waals surface area contributed by atoms with E-state index in [4.69, 9.17) is 14.6 Å². The van der Waals surface area contributed by atoms with Crippen LogP contribution in [0.2, 0.25) is 0 Å². The fourth-order valence-electron chi connectivity index (χ4n) is 1.69. The van der Waals surface area contributed by atoms with Gasteiger partial charge in [0.25, 0.3) is 10.0 Å². The largest absolute Gasteiger partial charge is 0.493 e. The molecule has 0 spiro atoms. The number of ether oxygens (including phenoxy) is 2. The maximum atomic E-state index is 12.2. The van der Waals surface area contributed by atoms with Gasteiger partial charge >= 0.3 is 0 Å². The van der Waals surface area contributed by atoms with Crippen LogP contribution in [0.15, 0.2) is 34.5 Å². The number of rotatable bonds is 6. The first-order valence-corrected chi connectivity index (χ1v) is 8.24. The van der Waals surface area contributed by atoms with Gasteiger partial charge in [-0.05, 0) is 24.3 Å². The molecule has 0 unspecified atom stereocenters. The molecule has 0 radical (unpaired) electrons. The number of benzene rings is 1. The number of methoxy groups -OCH3 is 2. The van der Waals surface area contributed by atoms with Gasteiger partial charge in [-0.1, -0.05) is 0 Å². The van der Waals surface area contributed by atoms with E-state index in [0.717, 1.165) is 11.3 Å². The minimum absolute atomic E-state index is 0.140. The second-order valence-electron chi connectivity index (χ2n) is 4.05. The van der Waals surface area contributed by atoms with E-state index in [0.29, 0.717) is 22.1 Å². The number of thiophene rings is 1. The minimum atomic E-state index is -3.69. The fourth-order valence-corrected chi connectivity index (χ4v) is 3.96. The predicted molar refractivity (Wildman–Crippen MR) is 80.6 cm³/mol. The molecule has 2 aromatic rings. The maximum Gasteiger partial charge on any atom is 0.271 e. The van der Waals surface area contributed by atoms with Gasteiger partial charge in [-0.15, -0.1) is 11.3 Å². The molecular weight excluding hydrogens is 314 g/mol. The van der Waals surface area contributed by atoms with E-state index < -0.39 is 10.0 Å². The fraction of sp³-hybridized carbons (Fsp3) is 0.231. The van der Waals surface area contributed by atoms with E-state index in [1.807, 2.05) is 0 Å². The van der Waals surface area contributed by atoms with Crippen LogP contribution in [0.1, 0.15) is 4.88 Å². The topological polar surface area (TPSA) is 84.9 Å². The first kappa shape index (κ1) is 15.6. The average Bonchev–Trinajstić information content (AvgIpc) is 2.96. The second-order valence-corrected chi connectivity index (χ2v) is 7.13. The standard InChI is InChI=1S/C13H15NO5S2/c1-18-11-5-3-9(7-12(11)19-2)14-21(16,17)13-6-4-10(8-15)20-13/h3-7,14-15H,8H2,1-2H3. The lowest BCUT2D eigenvalue weighted by Gasteiger charge is -2.11. The van der Waals surface area contributed by atoms with Crippen molar-refractivity contribution in [2.75, 3.05) is 18.9 Å². The molecule has 0 atom stereocenters. The summed E-state index contributed by atoms with van der Waals surface area (Å²) >= 11 is 1.02. The molecule has 0 saturated heterocycles. The van der Waals surface area contributed by atoms with Crippen LogP contribution >= 0.6 is 11.3 Å². The van der Waals surface area contributed by atoms with Gasteiger partial charge in [0.2, 0.25) is 0 Å². The molecule has 0 aliphatic heterocycles. The Morgan fingerprint density at radius 2 is 1.86 bits per heavy atom. The first-order chi connectivity index (χ1) is 10.00. The van der Waals surface area contributed by atoms with E-state index in [9.17, 15) is 8.42 Å². The monoisotopic (exact) mass is 329 g/mol. The molecule has 6 nitrogen and oxygen atoms in total. The Labute approximate surface area is 127 Å². The van der Waals surface area contributed by atoms with Crippen molar-refractivity contribution >= 4 is 27.0 Å². The molecule has 0 saturated carbocycles. The summed E-state index contributed by atoms with van der Waals surface area (Å²) in [5.41, 5.74) is 0.367. The Kier molecular flexibility index (Phi) is 4.71. The van der Waals surface area contributed by atoms with E-state index in [-0.39, 0.29) is 10.8 Å². The zero-order chi connectivity index (χ0) is 15.5. The minimum Gasteiger partial charge on any atom is -0.493 e. The predicted octanol–water partition coefficient (Wildman–Crippen LogP) is 2.06. The number of aliphatic hydroxyl groups is 1. The van der Waals surface area contributed by atoms with E-state index in [2.05, 4.69) is 4.72 Å². The first-order valence-electron chi connectivity index (χ1n) is 5.94. The summed E-state index contributed by atoms with van der Waals surface area (Å²) in [5, 5.41) is 9.00. The van der Waals surface area contributed by atoms with Gasteiger partial charge in [0, 0.05) is 10.9 Å². The Balaban J connectivity index is 2.28. The SMILES string of the molecule is COc1ccc(NS(=O)(=O)c2ccc(CO)s2)cc1OC. The maximum absolute atomic E-state index is 12.2. The Morgan fingerprint density at radius 1 is 1.14 bits per heavy atom. The molecule has 21 heavy (non-hydrogen) atoms. The summed E-state index contributed by atoms with van der Waals surface area (Å²) in [6, 6.07) is 7.77. The van der Waals surface area contributed by atoms with Crippen LogP contribution in [-0.2, 0) is 16.6 Å². The molecule has 1 heterocycles.